The van der Waals surface area contributed by atoms with Gasteiger partial charge < -0.3 is 0 Å². The maximum Gasteiger partial charge on any atom is 0.0607 e. The van der Waals surface area contributed by atoms with Crippen molar-refractivity contribution in [3.05, 3.63) is 27.2 Å². The first kappa shape index (κ1) is 9.82. The Labute approximate surface area is 88.3 Å². The maximum absolute atomic E-state index is 5.76. The fourth-order valence-electron chi connectivity index (χ4n) is 0.603. The highest BCUT2D eigenvalue weighted by Crippen LogP contribution is 2.38. The molecule has 0 aliphatic rings. The van der Waals surface area contributed by atoms with E-state index in [1.165, 1.54) is 0 Å². The molecule has 0 bridgehead atoms. The third-order valence-corrected chi connectivity index (χ3v) is 3.14. The zero-order valence-electron chi connectivity index (χ0n) is 5.07. The summed E-state index contributed by atoms with van der Waals surface area (Å²) in [6.45, 7) is 0. The van der Waals surface area contributed by atoms with Crippen molar-refractivity contribution in [1.29, 1.82) is 0 Å². The van der Waals surface area contributed by atoms with Gasteiger partial charge in [-0.3, -0.25) is 0 Å². The first-order chi connectivity index (χ1) is 5.15. The third-order valence-electron chi connectivity index (χ3n) is 1.04. The first-order valence-electron chi connectivity index (χ1n) is 2.58. The molecule has 1 rings (SSSR count). The van der Waals surface area contributed by atoms with Gasteiger partial charge in [-0.05, 0) is 33.8 Å². The molecule has 0 saturated carbocycles. The number of halogens is 4. The molecule has 1 aromatic rings. The SMILES string of the molecule is ClSc1c(Cl)cc(Cl)cc1Cl. The van der Waals surface area contributed by atoms with E-state index in [4.69, 9.17) is 45.5 Å². The predicted octanol–water partition coefficient (Wildman–Crippen LogP) is 4.89. The molecule has 0 heterocycles. The van der Waals surface area contributed by atoms with Gasteiger partial charge in [0.1, 0.15) is 0 Å². The van der Waals surface area contributed by atoms with E-state index in [2.05, 4.69) is 0 Å². The molecule has 1 aromatic carbocycles. The Morgan fingerprint density at radius 3 is 1.82 bits per heavy atom. The summed E-state index contributed by atoms with van der Waals surface area (Å²) in [5.41, 5.74) is 0. The van der Waals surface area contributed by atoms with E-state index < -0.39 is 0 Å². The second-order valence-corrected chi connectivity index (χ2v) is 4.05. The van der Waals surface area contributed by atoms with Crippen molar-refractivity contribution in [3.8, 4) is 0 Å². The Morgan fingerprint density at radius 1 is 1.00 bits per heavy atom. The molecule has 60 valence electrons. The number of rotatable bonds is 1. The van der Waals surface area contributed by atoms with Crippen LogP contribution in [0.4, 0.5) is 0 Å². The van der Waals surface area contributed by atoms with E-state index in [9.17, 15) is 0 Å². The summed E-state index contributed by atoms with van der Waals surface area (Å²) >= 11 is 17.2. The smallest absolute Gasteiger partial charge is 0.0607 e. The summed E-state index contributed by atoms with van der Waals surface area (Å²) in [5, 5.41) is 1.46. The number of hydrogen-bond acceptors (Lipinski definition) is 1. The fourth-order valence-corrected chi connectivity index (χ4v) is 2.65. The minimum absolute atomic E-state index is 0.475. The zero-order chi connectivity index (χ0) is 8.43. The summed E-state index contributed by atoms with van der Waals surface area (Å²) in [6, 6.07) is 3.19. The molecule has 0 radical (unpaired) electrons. The standard InChI is InChI=1S/C6H2Cl4S/c7-3-1-4(8)6(11-10)5(9)2-3/h1-2H. The molecule has 0 saturated heterocycles. The van der Waals surface area contributed by atoms with Crippen LogP contribution in [0.5, 0.6) is 0 Å². The second-order valence-electron chi connectivity index (χ2n) is 1.78. The Balaban J connectivity index is 3.25. The van der Waals surface area contributed by atoms with Gasteiger partial charge in [0.2, 0.25) is 0 Å². The lowest BCUT2D eigenvalue weighted by molar-refractivity contribution is 1.47. The van der Waals surface area contributed by atoms with Gasteiger partial charge in [-0.25, -0.2) is 0 Å². The molecular formula is C6H2Cl4S. The van der Waals surface area contributed by atoms with E-state index in [1.54, 1.807) is 12.1 Å². The van der Waals surface area contributed by atoms with Crippen LogP contribution in [0, 0.1) is 0 Å². The summed E-state index contributed by atoms with van der Waals surface area (Å²) in [6.07, 6.45) is 0. The first-order valence-corrected chi connectivity index (χ1v) is 5.36. The monoisotopic (exact) mass is 246 g/mol. The third kappa shape index (κ3) is 2.33. The molecule has 0 nitrogen and oxygen atoms in total. The minimum atomic E-state index is 0.475. The molecule has 0 amide bonds. The summed E-state index contributed by atoms with van der Waals surface area (Å²) in [4.78, 5) is 0.638. The lowest BCUT2D eigenvalue weighted by Crippen LogP contribution is -1.74. The summed E-state index contributed by atoms with van der Waals surface area (Å²) in [7, 11) is 6.47. The Kier molecular flexibility index (Phi) is 3.66. The molecule has 0 atom stereocenters. The van der Waals surface area contributed by atoms with Crippen molar-refractivity contribution in [2.45, 2.75) is 4.90 Å². The van der Waals surface area contributed by atoms with Gasteiger partial charge in [0.25, 0.3) is 0 Å². The predicted molar refractivity (Wildman–Crippen MR) is 53.2 cm³/mol. The largest absolute Gasteiger partial charge is 0.0842 e. The van der Waals surface area contributed by atoms with Crippen LogP contribution in [0.15, 0.2) is 17.0 Å². The van der Waals surface area contributed by atoms with E-state index in [-0.39, 0.29) is 0 Å². The van der Waals surface area contributed by atoms with Crippen LogP contribution in [0.25, 0.3) is 0 Å². The molecule has 0 aliphatic heterocycles. The zero-order valence-corrected chi connectivity index (χ0v) is 8.92. The molecule has 11 heavy (non-hydrogen) atoms. The molecule has 0 N–H and O–H groups in total. The van der Waals surface area contributed by atoms with Crippen LogP contribution in [0.2, 0.25) is 15.1 Å². The van der Waals surface area contributed by atoms with Crippen molar-refractivity contribution in [1.82, 2.24) is 0 Å². The highest BCUT2D eigenvalue weighted by molar-refractivity contribution is 8.21. The van der Waals surface area contributed by atoms with E-state index in [0.29, 0.717) is 20.0 Å². The lowest BCUT2D eigenvalue weighted by Gasteiger charge is -2.01. The molecule has 0 aliphatic carbocycles. The Bertz CT molecular complexity index is 250. The van der Waals surface area contributed by atoms with Crippen LogP contribution < -0.4 is 0 Å². The van der Waals surface area contributed by atoms with Crippen LogP contribution in [0.3, 0.4) is 0 Å². The summed E-state index contributed by atoms with van der Waals surface area (Å²) in [5.74, 6) is 0. The fraction of sp³-hybridized carbons (Fsp3) is 0. The van der Waals surface area contributed by atoms with Crippen molar-refractivity contribution >= 4 is 56.5 Å². The van der Waals surface area contributed by atoms with E-state index in [1.807, 2.05) is 0 Å². The van der Waals surface area contributed by atoms with Crippen molar-refractivity contribution in [3.63, 3.8) is 0 Å². The van der Waals surface area contributed by atoms with Gasteiger partial charge in [0.15, 0.2) is 0 Å². The molecule has 0 aromatic heterocycles. The Hall–Kier alpha value is 0.730. The topological polar surface area (TPSA) is 0 Å². The molecule has 0 fully saturated rings. The van der Waals surface area contributed by atoms with Crippen LogP contribution in [-0.4, -0.2) is 0 Å². The molecular weight excluding hydrogens is 246 g/mol. The quantitative estimate of drug-likeness (QED) is 0.681. The highest BCUT2D eigenvalue weighted by Gasteiger charge is 2.06. The average molecular weight is 248 g/mol. The van der Waals surface area contributed by atoms with Gasteiger partial charge >= 0.3 is 0 Å². The van der Waals surface area contributed by atoms with Gasteiger partial charge in [-0.1, -0.05) is 34.8 Å². The molecule has 0 spiro atoms. The van der Waals surface area contributed by atoms with Crippen LogP contribution in [-0.2, 0) is 0 Å². The minimum Gasteiger partial charge on any atom is -0.0842 e. The van der Waals surface area contributed by atoms with Crippen molar-refractivity contribution in [2.24, 2.45) is 0 Å². The van der Waals surface area contributed by atoms with Crippen molar-refractivity contribution in [2.75, 3.05) is 0 Å². The average Bonchev–Trinajstić information content (AvgIpc) is 1.85. The van der Waals surface area contributed by atoms with Crippen LogP contribution in [0.1, 0.15) is 0 Å². The summed E-state index contributed by atoms with van der Waals surface area (Å²) < 4.78 is 0. The molecule has 0 unspecified atom stereocenters. The van der Waals surface area contributed by atoms with Gasteiger partial charge in [-0.15, -0.1) is 0 Å². The van der Waals surface area contributed by atoms with Gasteiger partial charge in [0.05, 0.1) is 14.9 Å². The number of benzene rings is 1. The maximum atomic E-state index is 5.76. The van der Waals surface area contributed by atoms with Crippen LogP contribution >= 0.6 is 56.5 Å². The van der Waals surface area contributed by atoms with E-state index >= 15 is 0 Å². The lowest BCUT2D eigenvalue weighted by atomic mass is 10.4. The van der Waals surface area contributed by atoms with Crippen molar-refractivity contribution < 1.29 is 0 Å². The number of hydrogen-bond donors (Lipinski definition) is 0. The molecule has 5 heteroatoms. The van der Waals surface area contributed by atoms with E-state index in [0.717, 1.165) is 11.0 Å². The Morgan fingerprint density at radius 2 is 1.45 bits per heavy atom. The normalized spacial score (nSPS) is 10.2. The highest BCUT2D eigenvalue weighted by atomic mass is 35.7. The second kappa shape index (κ2) is 4.11. The van der Waals surface area contributed by atoms with Gasteiger partial charge in [0, 0.05) is 5.02 Å². The van der Waals surface area contributed by atoms with Gasteiger partial charge in [-0.2, -0.15) is 0 Å².